The zero-order valence-corrected chi connectivity index (χ0v) is 15.2. The first kappa shape index (κ1) is 17.5. The molecule has 0 aliphatic heterocycles. The van der Waals surface area contributed by atoms with Crippen molar-refractivity contribution < 1.29 is 9.53 Å². The van der Waals surface area contributed by atoms with Gasteiger partial charge in [0.2, 0.25) is 5.91 Å². The van der Waals surface area contributed by atoms with E-state index in [4.69, 9.17) is 4.74 Å². The number of hydrogen-bond donors (Lipinski definition) is 1. The zero-order chi connectivity index (χ0) is 17.6. The maximum absolute atomic E-state index is 12.5. The molecule has 132 valence electrons. The molecule has 3 heteroatoms. The molecule has 0 fully saturated rings. The topological polar surface area (TPSA) is 38.3 Å². The molecule has 0 bridgehead atoms. The van der Waals surface area contributed by atoms with E-state index >= 15 is 0 Å². The highest BCUT2D eigenvalue weighted by atomic mass is 16.5. The summed E-state index contributed by atoms with van der Waals surface area (Å²) in [6.45, 7) is 2.12. The van der Waals surface area contributed by atoms with Crippen LogP contribution in [0.1, 0.15) is 54.5 Å². The molecule has 1 amide bonds. The Kier molecular flexibility index (Phi) is 5.75. The van der Waals surface area contributed by atoms with Gasteiger partial charge in [0.05, 0.1) is 19.6 Å². The Balaban J connectivity index is 1.65. The molecule has 1 aliphatic carbocycles. The second kappa shape index (κ2) is 8.19. The van der Waals surface area contributed by atoms with Gasteiger partial charge in [-0.05, 0) is 66.5 Å². The molecule has 0 spiro atoms. The summed E-state index contributed by atoms with van der Waals surface area (Å²) in [7, 11) is 1.64. The summed E-state index contributed by atoms with van der Waals surface area (Å²) in [6.07, 6.45) is 6.22. The Morgan fingerprint density at radius 3 is 2.48 bits per heavy atom. The van der Waals surface area contributed by atoms with Crippen molar-refractivity contribution in [2.75, 3.05) is 7.11 Å². The third kappa shape index (κ3) is 4.41. The number of aryl methyl sites for hydroxylation is 2. The van der Waals surface area contributed by atoms with Gasteiger partial charge in [-0.3, -0.25) is 4.79 Å². The first-order valence-corrected chi connectivity index (χ1v) is 9.23. The van der Waals surface area contributed by atoms with Crippen LogP contribution in [0, 0.1) is 0 Å². The monoisotopic (exact) mass is 337 g/mol. The molecule has 25 heavy (non-hydrogen) atoms. The first-order valence-electron chi connectivity index (χ1n) is 9.23. The quantitative estimate of drug-likeness (QED) is 0.849. The van der Waals surface area contributed by atoms with E-state index in [0.717, 1.165) is 17.7 Å². The molecule has 1 N–H and O–H groups in total. The highest BCUT2D eigenvalue weighted by molar-refractivity contribution is 5.79. The molecular weight excluding hydrogens is 310 g/mol. The van der Waals surface area contributed by atoms with Crippen molar-refractivity contribution in [3.05, 3.63) is 64.7 Å². The van der Waals surface area contributed by atoms with Crippen LogP contribution in [-0.4, -0.2) is 13.0 Å². The lowest BCUT2D eigenvalue weighted by Gasteiger charge is -2.22. The Morgan fingerprint density at radius 2 is 1.80 bits per heavy atom. The largest absolute Gasteiger partial charge is 0.497 e. The van der Waals surface area contributed by atoms with E-state index in [1.54, 1.807) is 7.11 Å². The summed E-state index contributed by atoms with van der Waals surface area (Å²) in [5, 5.41) is 3.20. The molecule has 0 heterocycles. The smallest absolute Gasteiger partial charge is 0.224 e. The maximum atomic E-state index is 12.5. The molecule has 0 saturated heterocycles. The van der Waals surface area contributed by atoms with Crippen molar-refractivity contribution in [3.63, 3.8) is 0 Å². The van der Waals surface area contributed by atoms with Crippen LogP contribution in [0.3, 0.4) is 0 Å². The van der Waals surface area contributed by atoms with Crippen LogP contribution < -0.4 is 10.1 Å². The van der Waals surface area contributed by atoms with E-state index in [1.807, 2.05) is 24.3 Å². The fourth-order valence-electron chi connectivity index (χ4n) is 3.57. The SMILES string of the molecule is CC[C@@H](NC(=O)Cc1ccc(OC)cc1)c1ccc2c(c1)CCCC2. The summed E-state index contributed by atoms with van der Waals surface area (Å²) >= 11 is 0. The molecule has 3 nitrogen and oxygen atoms in total. The van der Waals surface area contributed by atoms with Gasteiger partial charge >= 0.3 is 0 Å². The average molecular weight is 337 g/mol. The minimum atomic E-state index is 0.0646. The third-order valence-electron chi connectivity index (χ3n) is 5.04. The second-order valence-electron chi connectivity index (χ2n) is 6.79. The van der Waals surface area contributed by atoms with Crippen molar-refractivity contribution in [1.82, 2.24) is 5.32 Å². The Morgan fingerprint density at radius 1 is 1.08 bits per heavy atom. The van der Waals surface area contributed by atoms with Crippen molar-refractivity contribution in [1.29, 1.82) is 0 Å². The van der Waals surface area contributed by atoms with Crippen molar-refractivity contribution >= 4 is 5.91 Å². The van der Waals surface area contributed by atoms with E-state index < -0.39 is 0 Å². The molecule has 1 aliphatic rings. The number of carbonyl (C=O) groups excluding carboxylic acids is 1. The van der Waals surface area contributed by atoms with Gasteiger partial charge in [-0.1, -0.05) is 37.3 Å². The molecule has 0 unspecified atom stereocenters. The van der Waals surface area contributed by atoms with Gasteiger partial charge in [-0.2, -0.15) is 0 Å². The van der Waals surface area contributed by atoms with Crippen molar-refractivity contribution in [3.8, 4) is 5.75 Å². The Labute approximate surface area is 150 Å². The summed E-state index contributed by atoms with van der Waals surface area (Å²) in [6, 6.07) is 14.5. The minimum absolute atomic E-state index is 0.0646. The van der Waals surface area contributed by atoms with E-state index in [2.05, 4.69) is 30.4 Å². The van der Waals surface area contributed by atoms with Crippen LogP contribution in [-0.2, 0) is 24.1 Å². The summed E-state index contributed by atoms with van der Waals surface area (Å²) in [4.78, 5) is 12.5. The summed E-state index contributed by atoms with van der Waals surface area (Å²) < 4.78 is 5.16. The van der Waals surface area contributed by atoms with Crippen LogP contribution >= 0.6 is 0 Å². The number of rotatable bonds is 6. The van der Waals surface area contributed by atoms with Crippen molar-refractivity contribution in [2.24, 2.45) is 0 Å². The van der Waals surface area contributed by atoms with Gasteiger partial charge in [0, 0.05) is 0 Å². The van der Waals surface area contributed by atoms with Crippen LogP contribution in [0.25, 0.3) is 0 Å². The lowest BCUT2D eigenvalue weighted by atomic mass is 9.88. The van der Waals surface area contributed by atoms with Crippen LogP contribution in [0.2, 0.25) is 0 Å². The van der Waals surface area contributed by atoms with Crippen LogP contribution in [0.5, 0.6) is 5.75 Å². The fourth-order valence-corrected chi connectivity index (χ4v) is 3.57. The van der Waals surface area contributed by atoms with Gasteiger partial charge in [0.25, 0.3) is 0 Å². The van der Waals surface area contributed by atoms with Crippen LogP contribution in [0.15, 0.2) is 42.5 Å². The van der Waals surface area contributed by atoms with Gasteiger partial charge in [-0.15, -0.1) is 0 Å². The maximum Gasteiger partial charge on any atom is 0.224 e. The Bertz CT molecular complexity index is 721. The summed E-state index contributed by atoms with van der Waals surface area (Å²) in [5.41, 5.74) is 5.17. The number of hydrogen-bond acceptors (Lipinski definition) is 2. The van der Waals surface area contributed by atoms with E-state index in [9.17, 15) is 4.79 Å². The normalized spacial score (nSPS) is 14.5. The lowest BCUT2D eigenvalue weighted by molar-refractivity contribution is -0.121. The highest BCUT2D eigenvalue weighted by Crippen LogP contribution is 2.26. The number of ether oxygens (including phenoxy) is 1. The first-order chi connectivity index (χ1) is 12.2. The number of benzene rings is 2. The number of amides is 1. The number of carbonyl (C=O) groups is 1. The predicted molar refractivity (Wildman–Crippen MR) is 101 cm³/mol. The van der Waals surface area contributed by atoms with Gasteiger partial charge in [0.15, 0.2) is 0 Å². The zero-order valence-electron chi connectivity index (χ0n) is 15.2. The molecule has 0 radical (unpaired) electrons. The van der Waals surface area contributed by atoms with Gasteiger partial charge in [0.1, 0.15) is 5.75 Å². The molecule has 2 aromatic carbocycles. The van der Waals surface area contributed by atoms with Crippen LogP contribution in [0.4, 0.5) is 0 Å². The van der Waals surface area contributed by atoms with Gasteiger partial charge in [-0.25, -0.2) is 0 Å². The average Bonchev–Trinajstić information content (AvgIpc) is 2.66. The third-order valence-corrected chi connectivity index (χ3v) is 5.04. The highest BCUT2D eigenvalue weighted by Gasteiger charge is 2.16. The van der Waals surface area contributed by atoms with Gasteiger partial charge < -0.3 is 10.1 Å². The van der Waals surface area contributed by atoms with E-state index in [0.29, 0.717) is 6.42 Å². The van der Waals surface area contributed by atoms with Crippen molar-refractivity contribution in [2.45, 2.75) is 51.5 Å². The summed E-state index contributed by atoms with van der Waals surface area (Å²) in [5.74, 6) is 0.874. The van der Waals surface area contributed by atoms with E-state index in [1.165, 1.54) is 42.4 Å². The molecule has 2 aromatic rings. The van der Waals surface area contributed by atoms with E-state index in [-0.39, 0.29) is 11.9 Å². The standard InChI is InChI=1S/C22H27NO2/c1-3-21(19-11-10-17-6-4-5-7-18(17)15-19)23-22(24)14-16-8-12-20(25-2)13-9-16/h8-13,15,21H,3-7,14H2,1-2H3,(H,23,24)/t21-/m1/s1. The number of fused-ring (bicyclic) bond motifs is 1. The molecule has 0 saturated carbocycles. The number of nitrogens with one attached hydrogen (secondary N) is 1. The predicted octanol–water partition coefficient (Wildman–Crippen LogP) is 4.38. The molecular formula is C22H27NO2. The minimum Gasteiger partial charge on any atom is -0.497 e. The number of methoxy groups -OCH3 is 1. The molecule has 0 aromatic heterocycles. The lowest BCUT2D eigenvalue weighted by Crippen LogP contribution is -2.29. The Hall–Kier alpha value is -2.29. The fraction of sp³-hybridized carbons (Fsp3) is 0.409. The molecule has 3 rings (SSSR count). The second-order valence-corrected chi connectivity index (χ2v) is 6.79. The molecule has 1 atom stereocenters.